The summed E-state index contributed by atoms with van der Waals surface area (Å²) in [6.45, 7) is 12.0. The minimum atomic E-state index is -0.384. The van der Waals surface area contributed by atoms with Gasteiger partial charge in [-0.15, -0.1) is 0 Å². The summed E-state index contributed by atoms with van der Waals surface area (Å²) in [6, 6.07) is 0.501. The molecule has 30 heavy (non-hydrogen) atoms. The van der Waals surface area contributed by atoms with Crippen LogP contribution >= 0.6 is 0 Å². The lowest BCUT2D eigenvalue weighted by Crippen LogP contribution is -2.49. The summed E-state index contributed by atoms with van der Waals surface area (Å²) in [4.78, 5) is 18.7. The minimum absolute atomic E-state index is 0.0900. The fourth-order valence-electron chi connectivity index (χ4n) is 4.09. The number of carbonyl (C=O) groups is 1. The van der Waals surface area contributed by atoms with Gasteiger partial charge < -0.3 is 25.0 Å². The molecule has 1 unspecified atom stereocenters. The van der Waals surface area contributed by atoms with Crippen LogP contribution in [0.4, 0.5) is 0 Å². The maximum atomic E-state index is 11.7. The first-order chi connectivity index (χ1) is 14.4. The van der Waals surface area contributed by atoms with Gasteiger partial charge in [0, 0.05) is 52.3 Å². The van der Waals surface area contributed by atoms with E-state index in [1.807, 2.05) is 27.8 Å². The van der Waals surface area contributed by atoms with E-state index in [2.05, 4.69) is 20.5 Å². The number of nitrogens with one attached hydrogen (secondary N) is 2. The molecule has 2 saturated heterocycles. The predicted octanol–water partition coefficient (Wildman–Crippen LogP) is 2.94. The Kier molecular flexibility index (Phi) is 10.9. The Labute approximate surface area is 183 Å². The number of rotatable bonds is 10. The summed E-state index contributed by atoms with van der Waals surface area (Å²) < 4.78 is 10.8. The summed E-state index contributed by atoms with van der Waals surface area (Å²) in [5, 5.41) is 7.02. The van der Waals surface area contributed by atoms with E-state index in [9.17, 15) is 4.79 Å². The molecule has 0 aromatic carbocycles. The van der Waals surface area contributed by atoms with Crippen molar-refractivity contribution in [1.82, 2.24) is 15.5 Å². The van der Waals surface area contributed by atoms with Crippen molar-refractivity contribution in [3.8, 4) is 0 Å². The first-order valence-corrected chi connectivity index (χ1v) is 11.8. The molecule has 0 spiro atoms. The van der Waals surface area contributed by atoms with Gasteiger partial charge in [-0.3, -0.25) is 9.79 Å². The van der Waals surface area contributed by atoms with Gasteiger partial charge in [0.2, 0.25) is 0 Å². The van der Waals surface area contributed by atoms with Crippen molar-refractivity contribution in [1.29, 1.82) is 0 Å². The average molecular weight is 425 g/mol. The Morgan fingerprint density at radius 1 is 1.13 bits per heavy atom. The van der Waals surface area contributed by atoms with Crippen molar-refractivity contribution in [2.75, 3.05) is 46.4 Å². The van der Waals surface area contributed by atoms with Gasteiger partial charge in [-0.2, -0.15) is 0 Å². The number of piperidine rings is 1. The molecule has 0 aromatic rings. The van der Waals surface area contributed by atoms with E-state index in [-0.39, 0.29) is 11.6 Å². The quantitative estimate of drug-likeness (QED) is 0.243. The maximum Gasteiger partial charge on any atom is 0.306 e. The van der Waals surface area contributed by atoms with Crippen molar-refractivity contribution in [2.24, 2.45) is 10.9 Å². The number of carbonyl (C=O) groups excluding carboxylic acids is 1. The fraction of sp³-hybridized carbons (Fsp3) is 0.913. The van der Waals surface area contributed by atoms with Crippen LogP contribution in [0, 0.1) is 5.92 Å². The zero-order chi connectivity index (χ0) is 21.8. The second-order valence-corrected chi connectivity index (χ2v) is 9.70. The van der Waals surface area contributed by atoms with Crippen LogP contribution < -0.4 is 10.6 Å². The Hall–Kier alpha value is -1.34. The molecule has 2 aliphatic rings. The Balaban J connectivity index is 1.48. The van der Waals surface area contributed by atoms with Gasteiger partial charge in [0.05, 0.1) is 6.61 Å². The van der Waals surface area contributed by atoms with Gasteiger partial charge in [-0.25, -0.2) is 0 Å². The Morgan fingerprint density at radius 3 is 2.50 bits per heavy atom. The zero-order valence-corrected chi connectivity index (χ0v) is 19.7. The average Bonchev–Trinajstić information content (AvgIpc) is 3.19. The molecule has 2 aliphatic heterocycles. The number of guanidine groups is 1. The topological polar surface area (TPSA) is 75.2 Å². The number of hydrogen-bond donors (Lipinski definition) is 2. The van der Waals surface area contributed by atoms with Crippen LogP contribution in [0.15, 0.2) is 4.99 Å². The molecule has 2 heterocycles. The zero-order valence-electron chi connectivity index (χ0n) is 19.7. The van der Waals surface area contributed by atoms with Crippen LogP contribution in [-0.4, -0.2) is 74.9 Å². The van der Waals surface area contributed by atoms with Crippen LogP contribution in [0.5, 0.6) is 0 Å². The van der Waals surface area contributed by atoms with Crippen LogP contribution in [0.1, 0.15) is 72.1 Å². The van der Waals surface area contributed by atoms with Gasteiger partial charge in [0.1, 0.15) is 5.60 Å². The highest BCUT2D eigenvalue weighted by Crippen LogP contribution is 2.17. The summed E-state index contributed by atoms with van der Waals surface area (Å²) in [6.07, 6.45) is 8.20. The third-order valence-corrected chi connectivity index (χ3v) is 5.71. The smallest absolute Gasteiger partial charge is 0.306 e. The molecular formula is C23H44N4O3. The van der Waals surface area contributed by atoms with E-state index < -0.39 is 0 Å². The van der Waals surface area contributed by atoms with E-state index in [1.54, 1.807) is 0 Å². The normalized spacial score (nSPS) is 21.6. The van der Waals surface area contributed by atoms with Crippen molar-refractivity contribution in [2.45, 2.75) is 83.8 Å². The molecule has 0 bridgehead atoms. The number of ether oxygens (including phenoxy) is 2. The molecule has 2 N–H and O–H groups in total. The van der Waals surface area contributed by atoms with Crippen LogP contribution in [0.3, 0.4) is 0 Å². The number of hydrogen-bond acceptors (Lipinski definition) is 5. The molecule has 2 rings (SSSR count). The van der Waals surface area contributed by atoms with E-state index in [4.69, 9.17) is 9.47 Å². The highest BCUT2D eigenvalue weighted by molar-refractivity contribution is 5.79. The van der Waals surface area contributed by atoms with Gasteiger partial charge in [-0.1, -0.05) is 12.8 Å². The number of esters is 1. The highest BCUT2D eigenvalue weighted by atomic mass is 16.6. The lowest BCUT2D eigenvalue weighted by Gasteiger charge is -2.34. The van der Waals surface area contributed by atoms with Crippen molar-refractivity contribution >= 4 is 11.9 Å². The third-order valence-electron chi connectivity index (χ3n) is 5.71. The van der Waals surface area contributed by atoms with E-state index in [1.165, 1.54) is 25.8 Å². The van der Waals surface area contributed by atoms with Crippen molar-refractivity contribution in [3.05, 3.63) is 0 Å². The predicted molar refractivity (Wildman–Crippen MR) is 122 cm³/mol. The lowest BCUT2D eigenvalue weighted by atomic mass is 10.0. The second-order valence-electron chi connectivity index (χ2n) is 9.70. The molecule has 7 heteroatoms. The van der Waals surface area contributed by atoms with E-state index >= 15 is 0 Å². The second kappa shape index (κ2) is 13.2. The molecule has 0 saturated carbocycles. The summed E-state index contributed by atoms with van der Waals surface area (Å²) in [5.74, 6) is 1.55. The molecule has 0 aromatic heterocycles. The van der Waals surface area contributed by atoms with Crippen LogP contribution in [0.2, 0.25) is 0 Å². The SMILES string of the molecule is CN=C(NCCCCCCC(=O)OC(C)(C)C)NC1CCN(CC2CCOC2)CC1. The highest BCUT2D eigenvalue weighted by Gasteiger charge is 2.24. The standard InChI is InChI=1S/C23H44N4O3/c1-23(2,3)30-21(28)9-7-5-6-8-13-25-22(24-4)26-20-10-14-27(15-11-20)17-19-12-16-29-18-19/h19-20H,5-18H2,1-4H3,(H2,24,25,26). The lowest BCUT2D eigenvalue weighted by molar-refractivity contribution is -0.154. The van der Waals surface area contributed by atoms with E-state index in [0.29, 0.717) is 12.5 Å². The van der Waals surface area contributed by atoms with Crippen molar-refractivity contribution in [3.63, 3.8) is 0 Å². The maximum absolute atomic E-state index is 11.7. The van der Waals surface area contributed by atoms with Gasteiger partial charge in [0.15, 0.2) is 5.96 Å². The first-order valence-electron chi connectivity index (χ1n) is 11.8. The Morgan fingerprint density at radius 2 is 1.87 bits per heavy atom. The van der Waals surface area contributed by atoms with Gasteiger partial charge in [-0.05, 0) is 58.8 Å². The Bertz CT molecular complexity index is 519. The fourth-order valence-corrected chi connectivity index (χ4v) is 4.09. The molecule has 7 nitrogen and oxygen atoms in total. The van der Waals surface area contributed by atoms with Crippen LogP contribution in [0.25, 0.3) is 0 Å². The number of likely N-dealkylation sites (tertiary alicyclic amines) is 1. The number of nitrogens with zero attached hydrogens (tertiary/aromatic N) is 2. The third kappa shape index (κ3) is 10.6. The van der Waals surface area contributed by atoms with E-state index in [0.717, 1.165) is 70.4 Å². The molecule has 0 amide bonds. The molecular weight excluding hydrogens is 380 g/mol. The number of unbranched alkanes of at least 4 members (excludes halogenated alkanes) is 3. The summed E-state index contributed by atoms with van der Waals surface area (Å²) in [7, 11) is 1.84. The van der Waals surface area contributed by atoms with Crippen molar-refractivity contribution < 1.29 is 14.3 Å². The number of aliphatic imine (C=N–C) groups is 1. The minimum Gasteiger partial charge on any atom is -0.460 e. The molecule has 2 fully saturated rings. The molecule has 0 aliphatic carbocycles. The summed E-state index contributed by atoms with van der Waals surface area (Å²) >= 11 is 0. The van der Waals surface area contributed by atoms with Gasteiger partial charge in [0.25, 0.3) is 0 Å². The first kappa shape index (κ1) is 24.9. The largest absolute Gasteiger partial charge is 0.460 e. The van der Waals surface area contributed by atoms with Gasteiger partial charge >= 0.3 is 5.97 Å². The molecule has 174 valence electrons. The summed E-state index contributed by atoms with van der Waals surface area (Å²) in [5.41, 5.74) is -0.384. The monoisotopic (exact) mass is 424 g/mol. The van der Waals surface area contributed by atoms with Crippen LogP contribution in [-0.2, 0) is 14.3 Å². The molecule has 0 radical (unpaired) electrons. The molecule has 1 atom stereocenters.